The molecule has 0 spiro atoms. The summed E-state index contributed by atoms with van der Waals surface area (Å²) in [5, 5.41) is 15.7. The standard InChI is InChI=1S/C23H26N4O3S2/c1-13-9-15(27(29)30)6-8-17(13)26-19(28)11-31-21-20-16-7-5-14(23(2,3)4)10-18(16)32-22(20)25-12-24-21/h6,8-9,12,14H,5,7,10-11H2,1-4H3,(H,26,28)/t14-/m0/s1. The van der Waals surface area contributed by atoms with Crippen molar-refractivity contribution in [2.75, 3.05) is 11.1 Å². The number of nitrogens with zero attached hydrogens (tertiary/aromatic N) is 3. The van der Waals surface area contributed by atoms with E-state index in [1.54, 1.807) is 30.7 Å². The molecule has 2 aromatic heterocycles. The average Bonchev–Trinajstić information content (AvgIpc) is 3.11. The maximum atomic E-state index is 12.6. The van der Waals surface area contributed by atoms with Crippen LogP contribution in [0.2, 0.25) is 0 Å². The van der Waals surface area contributed by atoms with E-state index in [9.17, 15) is 14.9 Å². The molecule has 0 saturated carbocycles. The molecule has 1 atom stereocenters. The van der Waals surface area contributed by atoms with Gasteiger partial charge in [0.1, 0.15) is 16.2 Å². The number of aromatic nitrogens is 2. The minimum atomic E-state index is -0.444. The molecular formula is C23H26N4O3S2. The molecule has 4 rings (SSSR count). The fourth-order valence-corrected chi connectivity index (χ4v) is 6.31. The smallest absolute Gasteiger partial charge is 0.269 e. The van der Waals surface area contributed by atoms with Crippen LogP contribution in [0.5, 0.6) is 0 Å². The van der Waals surface area contributed by atoms with Gasteiger partial charge in [-0.1, -0.05) is 32.5 Å². The number of fused-ring (bicyclic) bond motifs is 3. The lowest BCUT2D eigenvalue weighted by Crippen LogP contribution is -2.26. The van der Waals surface area contributed by atoms with E-state index in [4.69, 9.17) is 0 Å². The van der Waals surface area contributed by atoms with Gasteiger partial charge in [-0.2, -0.15) is 0 Å². The minimum Gasteiger partial charge on any atom is -0.325 e. The molecule has 0 saturated heterocycles. The van der Waals surface area contributed by atoms with Gasteiger partial charge >= 0.3 is 0 Å². The van der Waals surface area contributed by atoms with E-state index in [-0.39, 0.29) is 22.8 Å². The third-order valence-electron chi connectivity index (χ3n) is 6.07. The van der Waals surface area contributed by atoms with Crippen LogP contribution < -0.4 is 5.32 Å². The molecular weight excluding hydrogens is 444 g/mol. The van der Waals surface area contributed by atoms with Crippen LogP contribution in [0.4, 0.5) is 11.4 Å². The number of rotatable bonds is 5. The zero-order valence-electron chi connectivity index (χ0n) is 18.6. The van der Waals surface area contributed by atoms with E-state index < -0.39 is 4.92 Å². The van der Waals surface area contributed by atoms with Crippen molar-refractivity contribution in [3.63, 3.8) is 0 Å². The predicted octanol–water partition coefficient (Wildman–Crippen LogP) is 5.79. The predicted molar refractivity (Wildman–Crippen MR) is 130 cm³/mol. The molecule has 1 aliphatic carbocycles. The SMILES string of the molecule is Cc1cc([N+](=O)[O-])ccc1NC(=O)CSc1ncnc2sc3c(c12)CC[C@H](C(C)(C)C)C3. The van der Waals surface area contributed by atoms with Crippen molar-refractivity contribution >= 4 is 50.6 Å². The molecule has 1 amide bonds. The summed E-state index contributed by atoms with van der Waals surface area (Å²) in [5.74, 6) is 0.691. The Morgan fingerprint density at radius 1 is 1.34 bits per heavy atom. The number of hydrogen-bond donors (Lipinski definition) is 1. The van der Waals surface area contributed by atoms with Crippen LogP contribution in [0.15, 0.2) is 29.6 Å². The molecule has 2 heterocycles. The van der Waals surface area contributed by atoms with Crippen molar-refractivity contribution in [3.8, 4) is 0 Å². The van der Waals surface area contributed by atoms with Crippen LogP contribution in [0.1, 0.15) is 43.2 Å². The number of carbonyl (C=O) groups excluding carboxylic acids is 1. The Bertz CT molecular complexity index is 1200. The van der Waals surface area contributed by atoms with Crippen molar-refractivity contribution in [2.45, 2.75) is 52.0 Å². The van der Waals surface area contributed by atoms with E-state index in [0.717, 1.165) is 34.5 Å². The Balaban J connectivity index is 1.49. The first-order chi connectivity index (χ1) is 15.1. The molecule has 3 aromatic rings. The highest BCUT2D eigenvalue weighted by atomic mass is 32.2. The third kappa shape index (κ3) is 4.63. The van der Waals surface area contributed by atoms with Crippen molar-refractivity contribution < 1.29 is 9.72 Å². The Morgan fingerprint density at radius 2 is 2.12 bits per heavy atom. The number of nitrogens with one attached hydrogen (secondary N) is 1. The van der Waals surface area contributed by atoms with Crippen LogP contribution in [0.3, 0.4) is 0 Å². The van der Waals surface area contributed by atoms with E-state index >= 15 is 0 Å². The van der Waals surface area contributed by atoms with Gasteiger partial charge in [0.15, 0.2) is 0 Å². The first kappa shape index (κ1) is 22.7. The zero-order valence-corrected chi connectivity index (χ0v) is 20.2. The van der Waals surface area contributed by atoms with Gasteiger partial charge in [-0.05, 0) is 54.7 Å². The third-order valence-corrected chi connectivity index (χ3v) is 8.22. The van der Waals surface area contributed by atoms with Crippen LogP contribution in [-0.4, -0.2) is 26.6 Å². The average molecular weight is 471 g/mol. The van der Waals surface area contributed by atoms with Gasteiger partial charge in [0.25, 0.3) is 5.69 Å². The number of nitro groups is 1. The number of carbonyl (C=O) groups is 1. The summed E-state index contributed by atoms with van der Waals surface area (Å²) >= 11 is 3.17. The van der Waals surface area contributed by atoms with Crippen molar-refractivity contribution in [1.82, 2.24) is 9.97 Å². The number of thioether (sulfide) groups is 1. The zero-order chi connectivity index (χ0) is 23.0. The van der Waals surface area contributed by atoms with Gasteiger partial charge in [0.05, 0.1) is 10.7 Å². The highest BCUT2D eigenvalue weighted by Gasteiger charge is 2.31. The second-order valence-corrected chi connectivity index (χ2v) is 11.3. The maximum Gasteiger partial charge on any atom is 0.269 e. The number of amides is 1. The summed E-state index contributed by atoms with van der Waals surface area (Å²) in [4.78, 5) is 34.4. The number of non-ortho nitro benzene ring substituents is 1. The van der Waals surface area contributed by atoms with E-state index in [1.165, 1.54) is 34.3 Å². The van der Waals surface area contributed by atoms with Crippen LogP contribution in [-0.2, 0) is 17.6 Å². The lowest BCUT2D eigenvalue weighted by Gasteiger charge is -2.33. The summed E-state index contributed by atoms with van der Waals surface area (Å²) in [6.45, 7) is 8.67. The molecule has 9 heteroatoms. The second kappa shape index (κ2) is 8.78. The Kier molecular flexibility index (Phi) is 6.22. The van der Waals surface area contributed by atoms with E-state index in [2.05, 4.69) is 36.1 Å². The molecule has 1 aliphatic rings. The summed E-state index contributed by atoms with van der Waals surface area (Å²) in [5.41, 5.74) is 2.87. The summed E-state index contributed by atoms with van der Waals surface area (Å²) in [7, 11) is 0. The van der Waals surface area contributed by atoms with Gasteiger partial charge in [-0.15, -0.1) is 11.3 Å². The second-order valence-electron chi connectivity index (χ2n) is 9.26. The molecule has 1 aromatic carbocycles. The fourth-order valence-electron chi connectivity index (χ4n) is 4.15. The molecule has 32 heavy (non-hydrogen) atoms. The topological polar surface area (TPSA) is 98.0 Å². The van der Waals surface area contributed by atoms with E-state index in [0.29, 0.717) is 17.2 Å². The molecule has 168 valence electrons. The summed E-state index contributed by atoms with van der Waals surface area (Å²) < 4.78 is 0. The van der Waals surface area contributed by atoms with Gasteiger partial charge in [-0.3, -0.25) is 14.9 Å². The number of hydrogen-bond acceptors (Lipinski definition) is 7. The molecule has 1 N–H and O–H groups in total. The van der Waals surface area contributed by atoms with Crippen molar-refractivity contribution in [3.05, 3.63) is 50.6 Å². The number of thiophene rings is 1. The first-order valence-electron chi connectivity index (χ1n) is 10.6. The molecule has 0 unspecified atom stereocenters. The maximum absolute atomic E-state index is 12.6. The fraction of sp³-hybridized carbons (Fsp3) is 0.435. The van der Waals surface area contributed by atoms with Crippen LogP contribution >= 0.6 is 23.1 Å². The number of nitro benzene ring substituents is 1. The molecule has 0 fully saturated rings. The molecule has 7 nitrogen and oxygen atoms in total. The molecule has 0 aliphatic heterocycles. The Morgan fingerprint density at radius 3 is 2.81 bits per heavy atom. The highest BCUT2D eigenvalue weighted by Crippen LogP contribution is 2.44. The Hall–Kier alpha value is -2.52. The lowest BCUT2D eigenvalue weighted by atomic mass is 9.72. The molecule has 0 radical (unpaired) electrons. The molecule has 0 bridgehead atoms. The largest absolute Gasteiger partial charge is 0.325 e. The first-order valence-corrected chi connectivity index (χ1v) is 12.4. The highest BCUT2D eigenvalue weighted by molar-refractivity contribution is 8.00. The monoisotopic (exact) mass is 470 g/mol. The summed E-state index contributed by atoms with van der Waals surface area (Å²) in [6.07, 6.45) is 4.82. The van der Waals surface area contributed by atoms with Gasteiger partial charge in [-0.25, -0.2) is 9.97 Å². The normalized spacial score (nSPS) is 16.1. The minimum absolute atomic E-state index is 0.00850. The number of anilines is 1. The van der Waals surface area contributed by atoms with Gasteiger partial charge < -0.3 is 5.32 Å². The van der Waals surface area contributed by atoms with Crippen LogP contribution in [0, 0.1) is 28.4 Å². The Labute approximate surface area is 195 Å². The number of benzene rings is 1. The number of aryl methyl sites for hydroxylation is 2. The van der Waals surface area contributed by atoms with Crippen molar-refractivity contribution in [1.29, 1.82) is 0 Å². The van der Waals surface area contributed by atoms with Gasteiger partial charge in [0.2, 0.25) is 5.91 Å². The van der Waals surface area contributed by atoms with Gasteiger partial charge in [0, 0.05) is 28.1 Å². The summed E-state index contributed by atoms with van der Waals surface area (Å²) in [6, 6.07) is 4.42. The van der Waals surface area contributed by atoms with Crippen molar-refractivity contribution in [2.24, 2.45) is 11.3 Å². The van der Waals surface area contributed by atoms with E-state index in [1.807, 2.05) is 0 Å². The lowest BCUT2D eigenvalue weighted by molar-refractivity contribution is -0.384. The quantitative estimate of drug-likeness (QED) is 0.219. The van der Waals surface area contributed by atoms with Crippen LogP contribution in [0.25, 0.3) is 10.2 Å².